The second-order valence-corrected chi connectivity index (χ2v) is 2.37. The van der Waals surface area contributed by atoms with Crippen molar-refractivity contribution in [1.82, 2.24) is 0 Å². The number of ketones is 1. The average Bonchev–Trinajstić information content (AvgIpc) is 2.06. The first-order valence-corrected chi connectivity index (χ1v) is 3.48. The topological polar surface area (TPSA) is 57.2 Å². The first kappa shape index (κ1) is 12.6. The molecule has 0 aromatic heterocycles. The van der Waals surface area contributed by atoms with Gasteiger partial charge in [0, 0.05) is 6.42 Å². The molecule has 0 radical (unpaired) electrons. The average molecular weight is 203 g/mol. The van der Waals surface area contributed by atoms with Crippen LogP contribution in [0.15, 0.2) is 30.3 Å². The zero-order chi connectivity index (χ0) is 8.97. The van der Waals surface area contributed by atoms with Gasteiger partial charge in [0.05, 0.1) is 0 Å². The zero-order valence-electron chi connectivity index (χ0n) is 7.03. The van der Waals surface area contributed by atoms with Crippen molar-refractivity contribution in [2.75, 3.05) is 0 Å². The second-order valence-electron chi connectivity index (χ2n) is 2.37. The standard InChI is InChI=1S/C9H8O3.Ca/c10-8(9(11)12)6-7-4-2-1-3-5-7;/h1-5H,6H2,(H,11,12);/q;+2/p-1. The van der Waals surface area contributed by atoms with Crippen LogP contribution in [0.3, 0.4) is 0 Å². The maximum Gasteiger partial charge on any atom is 2.00 e. The zero-order valence-corrected chi connectivity index (χ0v) is 9.23. The number of carbonyl (C=O) groups excluding carboxylic acids is 2. The summed E-state index contributed by atoms with van der Waals surface area (Å²) in [7, 11) is 0. The van der Waals surface area contributed by atoms with Crippen LogP contribution in [-0.4, -0.2) is 49.5 Å². The van der Waals surface area contributed by atoms with E-state index in [1.165, 1.54) is 0 Å². The van der Waals surface area contributed by atoms with Crippen LogP contribution in [-0.2, 0) is 16.0 Å². The number of carbonyl (C=O) groups is 2. The molecule has 0 amide bonds. The Bertz CT molecular complexity index is 295. The van der Waals surface area contributed by atoms with Crippen LogP contribution < -0.4 is 5.11 Å². The predicted octanol–water partition coefficient (Wildman–Crippen LogP) is -0.833. The number of Topliss-reactive ketones (excluding diaryl/α,β-unsaturated/α-hetero) is 1. The van der Waals surface area contributed by atoms with Crippen LogP contribution in [0.4, 0.5) is 0 Å². The number of carboxylic acid groups (broad SMARTS) is 1. The van der Waals surface area contributed by atoms with Gasteiger partial charge in [0.25, 0.3) is 0 Å². The van der Waals surface area contributed by atoms with E-state index in [-0.39, 0.29) is 44.2 Å². The van der Waals surface area contributed by atoms with Gasteiger partial charge < -0.3 is 9.90 Å². The van der Waals surface area contributed by atoms with Crippen molar-refractivity contribution in [3.63, 3.8) is 0 Å². The normalized spacial score (nSPS) is 8.62. The van der Waals surface area contributed by atoms with Gasteiger partial charge in [0.15, 0.2) is 5.78 Å². The van der Waals surface area contributed by atoms with E-state index in [4.69, 9.17) is 0 Å². The monoisotopic (exact) mass is 203 g/mol. The van der Waals surface area contributed by atoms with Crippen LogP contribution >= 0.6 is 0 Å². The van der Waals surface area contributed by atoms with Gasteiger partial charge in [0.1, 0.15) is 5.97 Å². The Morgan fingerprint density at radius 2 is 1.69 bits per heavy atom. The molecule has 1 rings (SSSR count). The number of hydrogen-bond donors (Lipinski definition) is 0. The summed E-state index contributed by atoms with van der Waals surface area (Å²) >= 11 is 0. The van der Waals surface area contributed by atoms with Gasteiger partial charge in [-0.05, 0) is 5.56 Å². The van der Waals surface area contributed by atoms with Crippen LogP contribution in [0.1, 0.15) is 5.56 Å². The summed E-state index contributed by atoms with van der Waals surface area (Å²) in [6.07, 6.45) is -0.0941. The smallest absolute Gasteiger partial charge is 0.542 e. The van der Waals surface area contributed by atoms with Crippen molar-refractivity contribution in [2.45, 2.75) is 6.42 Å². The Morgan fingerprint density at radius 1 is 1.15 bits per heavy atom. The van der Waals surface area contributed by atoms with E-state index < -0.39 is 11.8 Å². The van der Waals surface area contributed by atoms with Gasteiger partial charge in [-0.3, -0.25) is 4.79 Å². The maximum atomic E-state index is 10.7. The van der Waals surface area contributed by atoms with Gasteiger partial charge in [-0.2, -0.15) is 0 Å². The molecule has 3 nitrogen and oxygen atoms in total. The fourth-order valence-electron chi connectivity index (χ4n) is 0.853. The van der Waals surface area contributed by atoms with E-state index in [0.29, 0.717) is 5.56 Å². The first-order chi connectivity index (χ1) is 5.70. The molecule has 0 unspecified atom stereocenters. The van der Waals surface area contributed by atoms with Crippen molar-refractivity contribution in [2.24, 2.45) is 0 Å². The van der Waals surface area contributed by atoms with E-state index in [0.717, 1.165) is 0 Å². The molecule has 0 aliphatic carbocycles. The molecule has 0 aliphatic heterocycles. The fraction of sp³-hybridized carbons (Fsp3) is 0.111. The Hall–Kier alpha value is -0.380. The largest absolute Gasteiger partial charge is 2.00 e. The molecule has 0 fully saturated rings. The minimum Gasteiger partial charge on any atom is -0.542 e. The number of aliphatic carboxylic acids is 1. The molecule has 1 aromatic rings. The molecule has 0 heterocycles. The molecular weight excluding hydrogens is 196 g/mol. The third-order valence-corrected chi connectivity index (χ3v) is 1.44. The Labute approximate surface area is 106 Å². The molecular formula is C9H7CaO3+. The summed E-state index contributed by atoms with van der Waals surface area (Å²) in [6, 6.07) is 8.68. The molecule has 0 saturated heterocycles. The summed E-state index contributed by atoms with van der Waals surface area (Å²) in [5.74, 6) is -2.51. The first-order valence-electron chi connectivity index (χ1n) is 3.48. The number of hydrogen-bond acceptors (Lipinski definition) is 3. The van der Waals surface area contributed by atoms with Crippen LogP contribution in [0, 0.1) is 0 Å². The van der Waals surface area contributed by atoms with Crippen LogP contribution in [0.2, 0.25) is 0 Å². The molecule has 0 spiro atoms. The molecule has 1 aromatic carbocycles. The molecule has 0 aliphatic rings. The van der Waals surface area contributed by atoms with Gasteiger partial charge in [-0.25, -0.2) is 0 Å². The van der Waals surface area contributed by atoms with Crippen molar-refractivity contribution in [1.29, 1.82) is 0 Å². The summed E-state index contributed by atoms with van der Waals surface area (Å²) in [5, 5.41) is 10.0. The summed E-state index contributed by atoms with van der Waals surface area (Å²) in [6.45, 7) is 0. The summed E-state index contributed by atoms with van der Waals surface area (Å²) in [5.41, 5.74) is 0.687. The minimum atomic E-state index is -1.63. The summed E-state index contributed by atoms with van der Waals surface area (Å²) < 4.78 is 0. The number of rotatable bonds is 3. The van der Waals surface area contributed by atoms with E-state index in [2.05, 4.69) is 0 Å². The number of benzene rings is 1. The Balaban J connectivity index is 0.00000144. The predicted molar refractivity (Wildman–Crippen MR) is 45.9 cm³/mol. The van der Waals surface area contributed by atoms with Crippen LogP contribution in [0.25, 0.3) is 0 Å². The van der Waals surface area contributed by atoms with E-state index in [1.807, 2.05) is 0 Å². The van der Waals surface area contributed by atoms with Gasteiger partial charge in [-0.1, -0.05) is 30.3 Å². The maximum absolute atomic E-state index is 10.7. The van der Waals surface area contributed by atoms with Crippen molar-refractivity contribution in [3.8, 4) is 0 Å². The Morgan fingerprint density at radius 3 is 2.15 bits per heavy atom. The molecule has 0 N–H and O–H groups in total. The van der Waals surface area contributed by atoms with Crippen molar-refractivity contribution < 1.29 is 14.7 Å². The van der Waals surface area contributed by atoms with Gasteiger partial charge in [-0.15, -0.1) is 0 Å². The SMILES string of the molecule is O=C([O-])C(=O)Cc1ccccc1.[Ca+2]. The van der Waals surface area contributed by atoms with Crippen LogP contribution in [0.5, 0.6) is 0 Å². The molecule has 62 valence electrons. The van der Waals surface area contributed by atoms with E-state index in [9.17, 15) is 14.7 Å². The molecule has 0 atom stereocenters. The number of carboxylic acids is 1. The fourth-order valence-corrected chi connectivity index (χ4v) is 0.853. The molecule has 4 heteroatoms. The summed E-state index contributed by atoms with van der Waals surface area (Å²) in [4.78, 5) is 20.7. The van der Waals surface area contributed by atoms with Crippen molar-refractivity contribution in [3.05, 3.63) is 35.9 Å². The third kappa shape index (κ3) is 4.41. The third-order valence-electron chi connectivity index (χ3n) is 1.44. The van der Waals surface area contributed by atoms with Gasteiger partial charge in [0.2, 0.25) is 0 Å². The van der Waals surface area contributed by atoms with E-state index >= 15 is 0 Å². The molecule has 13 heavy (non-hydrogen) atoms. The van der Waals surface area contributed by atoms with Gasteiger partial charge >= 0.3 is 37.7 Å². The molecule has 0 saturated carbocycles. The second kappa shape index (κ2) is 6.13. The molecule has 0 bridgehead atoms. The Kier molecular flexibility index (Phi) is 5.95. The van der Waals surface area contributed by atoms with Crippen molar-refractivity contribution >= 4 is 49.5 Å². The van der Waals surface area contributed by atoms with E-state index in [1.54, 1.807) is 30.3 Å². The minimum absolute atomic E-state index is 0. The quantitative estimate of drug-likeness (QED) is 0.476.